The van der Waals surface area contributed by atoms with Gasteiger partial charge in [0.1, 0.15) is 17.9 Å². The Hall–Kier alpha value is -2.37. The number of carbonyl (C=O) groups is 3. The van der Waals surface area contributed by atoms with Gasteiger partial charge in [0, 0.05) is 0 Å². The molecule has 6 heteroatoms. The molecule has 0 aliphatic rings. The van der Waals surface area contributed by atoms with Crippen LogP contribution in [0.3, 0.4) is 0 Å². The summed E-state index contributed by atoms with van der Waals surface area (Å²) in [4.78, 5) is 32.3. The molecule has 0 heterocycles. The molecule has 6 nitrogen and oxygen atoms in total. The van der Waals surface area contributed by atoms with Gasteiger partial charge in [-0.05, 0) is 25.1 Å². The molecule has 0 atom stereocenters. The van der Waals surface area contributed by atoms with Gasteiger partial charge in [0.15, 0.2) is 5.78 Å². The number of ether oxygens (including phenoxy) is 1. The van der Waals surface area contributed by atoms with Crippen LogP contribution >= 0.6 is 0 Å². The number of ketones is 1. The highest BCUT2D eigenvalue weighted by Gasteiger charge is 2.15. The van der Waals surface area contributed by atoms with E-state index in [9.17, 15) is 14.4 Å². The van der Waals surface area contributed by atoms with Crippen LogP contribution < -0.4 is 4.74 Å². The highest BCUT2D eigenvalue weighted by Crippen LogP contribution is 2.20. The molecule has 2 N–H and O–H groups in total. The van der Waals surface area contributed by atoms with Crippen molar-refractivity contribution in [2.45, 2.75) is 6.92 Å². The Morgan fingerprint density at radius 1 is 1.18 bits per heavy atom. The first-order chi connectivity index (χ1) is 7.91. The summed E-state index contributed by atoms with van der Waals surface area (Å²) >= 11 is 0. The molecule has 1 aromatic carbocycles. The van der Waals surface area contributed by atoms with Gasteiger partial charge in [0.25, 0.3) is 0 Å². The topological polar surface area (TPSA) is 101 Å². The molecule has 0 unspecified atom stereocenters. The van der Waals surface area contributed by atoms with Crippen LogP contribution in [0, 0.1) is 0 Å². The van der Waals surface area contributed by atoms with Crippen molar-refractivity contribution in [3.63, 3.8) is 0 Å². The van der Waals surface area contributed by atoms with E-state index in [4.69, 9.17) is 14.9 Å². The molecule has 0 bridgehead atoms. The van der Waals surface area contributed by atoms with E-state index in [0.717, 1.165) is 6.07 Å². The quantitative estimate of drug-likeness (QED) is 0.795. The lowest BCUT2D eigenvalue weighted by molar-refractivity contribution is -0.118. The smallest absolute Gasteiger partial charge is 0.339 e. The first kappa shape index (κ1) is 12.7. The molecule has 0 amide bonds. The molecule has 0 aliphatic carbocycles. The third-order valence-electron chi connectivity index (χ3n) is 1.89. The van der Waals surface area contributed by atoms with Crippen LogP contribution in [0.2, 0.25) is 0 Å². The molecule has 0 fully saturated rings. The predicted molar refractivity (Wildman–Crippen MR) is 56.5 cm³/mol. The van der Waals surface area contributed by atoms with E-state index in [0.29, 0.717) is 0 Å². The summed E-state index contributed by atoms with van der Waals surface area (Å²) in [5.74, 6) is -2.83. The van der Waals surface area contributed by atoms with Crippen molar-refractivity contribution in [1.82, 2.24) is 0 Å². The third-order valence-corrected chi connectivity index (χ3v) is 1.89. The maximum Gasteiger partial charge on any atom is 0.339 e. The number of carbonyl (C=O) groups excluding carboxylic acids is 1. The average molecular weight is 238 g/mol. The van der Waals surface area contributed by atoms with Gasteiger partial charge >= 0.3 is 11.9 Å². The zero-order valence-corrected chi connectivity index (χ0v) is 8.97. The van der Waals surface area contributed by atoms with Gasteiger partial charge in [-0.2, -0.15) is 0 Å². The Bertz CT molecular complexity index is 477. The third kappa shape index (κ3) is 3.30. The van der Waals surface area contributed by atoms with Crippen LogP contribution in [0.15, 0.2) is 18.2 Å². The molecular formula is C11H10O6. The van der Waals surface area contributed by atoms with E-state index in [1.165, 1.54) is 19.1 Å². The van der Waals surface area contributed by atoms with Crippen LogP contribution in [-0.2, 0) is 4.79 Å². The molecule has 1 rings (SSSR count). The summed E-state index contributed by atoms with van der Waals surface area (Å²) in [7, 11) is 0. The van der Waals surface area contributed by atoms with Gasteiger partial charge in [-0.15, -0.1) is 0 Å². The number of rotatable bonds is 5. The zero-order valence-electron chi connectivity index (χ0n) is 8.97. The summed E-state index contributed by atoms with van der Waals surface area (Å²) < 4.78 is 4.97. The normalized spacial score (nSPS) is 9.71. The molecule has 0 saturated heterocycles. The van der Waals surface area contributed by atoms with E-state index >= 15 is 0 Å². The summed E-state index contributed by atoms with van der Waals surface area (Å²) in [6.45, 7) is 1.04. The monoisotopic (exact) mass is 238 g/mol. The van der Waals surface area contributed by atoms with E-state index in [1.807, 2.05) is 0 Å². The average Bonchev–Trinajstić information content (AvgIpc) is 2.25. The molecule has 0 aromatic heterocycles. The lowest BCUT2D eigenvalue weighted by Gasteiger charge is -2.08. The Balaban J connectivity index is 3.08. The van der Waals surface area contributed by atoms with Crippen molar-refractivity contribution in [2.24, 2.45) is 0 Å². The van der Waals surface area contributed by atoms with Crippen LogP contribution in [0.4, 0.5) is 0 Å². The minimum absolute atomic E-state index is 0.0299. The van der Waals surface area contributed by atoms with Crippen molar-refractivity contribution >= 4 is 17.7 Å². The Labute approximate surface area is 96.4 Å². The Morgan fingerprint density at radius 2 is 1.82 bits per heavy atom. The molecule has 1 aromatic rings. The predicted octanol–water partition coefficient (Wildman–Crippen LogP) is 1.05. The number of hydrogen-bond donors (Lipinski definition) is 2. The highest BCUT2D eigenvalue weighted by molar-refractivity contribution is 5.96. The van der Waals surface area contributed by atoms with Crippen molar-refractivity contribution in [3.05, 3.63) is 29.3 Å². The number of benzene rings is 1. The van der Waals surface area contributed by atoms with Gasteiger partial charge in [-0.1, -0.05) is 0 Å². The van der Waals surface area contributed by atoms with Gasteiger partial charge in [0.05, 0.1) is 5.56 Å². The second kappa shape index (κ2) is 5.11. The zero-order chi connectivity index (χ0) is 13.0. The SMILES string of the molecule is CC(=O)COc1ccc(C(=O)O)cc1C(=O)O. The molecule has 0 aliphatic heterocycles. The molecule has 0 saturated carbocycles. The van der Waals surface area contributed by atoms with E-state index in [1.54, 1.807) is 0 Å². The number of aromatic carboxylic acids is 2. The minimum Gasteiger partial charge on any atom is -0.485 e. The van der Waals surface area contributed by atoms with Crippen LogP contribution in [0.25, 0.3) is 0 Å². The van der Waals surface area contributed by atoms with Gasteiger partial charge in [-0.3, -0.25) is 4.79 Å². The van der Waals surface area contributed by atoms with Gasteiger partial charge < -0.3 is 14.9 Å². The Morgan fingerprint density at radius 3 is 2.29 bits per heavy atom. The van der Waals surface area contributed by atoms with Crippen molar-refractivity contribution < 1.29 is 29.3 Å². The maximum atomic E-state index is 10.9. The molecular weight excluding hydrogens is 228 g/mol. The highest BCUT2D eigenvalue weighted by atomic mass is 16.5. The van der Waals surface area contributed by atoms with Crippen molar-refractivity contribution in [3.8, 4) is 5.75 Å². The van der Waals surface area contributed by atoms with Gasteiger partial charge in [-0.25, -0.2) is 9.59 Å². The second-order valence-electron chi connectivity index (χ2n) is 3.31. The lowest BCUT2D eigenvalue weighted by atomic mass is 10.1. The summed E-state index contributed by atoms with van der Waals surface area (Å²) in [5.41, 5.74) is -0.441. The number of carboxylic acid groups (broad SMARTS) is 2. The number of hydrogen-bond acceptors (Lipinski definition) is 4. The fourth-order valence-corrected chi connectivity index (χ4v) is 1.14. The largest absolute Gasteiger partial charge is 0.485 e. The number of Topliss-reactive ketones (excluding diaryl/α,β-unsaturated/α-hetero) is 1. The minimum atomic E-state index is -1.31. The summed E-state index contributed by atoms with van der Waals surface area (Å²) in [5, 5.41) is 17.6. The first-order valence-corrected chi connectivity index (χ1v) is 4.64. The van der Waals surface area contributed by atoms with Crippen LogP contribution in [-0.4, -0.2) is 34.5 Å². The van der Waals surface area contributed by atoms with Gasteiger partial charge in [0.2, 0.25) is 0 Å². The fourth-order valence-electron chi connectivity index (χ4n) is 1.14. The standard InChI is InChI=1S/C11H10O6/c1-6(12)5-17-9-3-2-7(10(13)14)4-8(9)11(15)16/h2-4H,5H2,1H3,(H,13,14)(H,15,16). The number of carboxylic acids is 2. The molecule has 90 valence electrons. The second-order valence-corrected chi connectivity index (χ2v) is 3.31. The molecule has 17 heavy (non-hydrogen) atoms. The van der Waals surface area contributed by atoms with Crippen LogP contribution in [0.1, 0.15) is 27.6 Å². The fraction of sp³-hybridized carbons (Fsp3) is 0.182. The van der Waals surface area contributed by atoms with Crippen molar-refractivity contribution in [2.75, 3.05) is 6.61 Å². The van der Waals surface area contributed by atoms with Crippen molar-refractivity contribution in [1.29, 1.82) is 0 Å². The van der Waals surface area contributed by atoms with Crippen LogP contribution in [0.5, 0.6) is 5.75 Å². The first-order valence-electron chi connectivity index (χ1n) is 4.64. The van der Waals surface area contributed by atoms with E-state index in [-0.39, 0.29) is 29.3 Å². The lowest BCUT2D eigenvalue weighted by Crippen LogP contribution is -2.11. The Kier molecular flexibility index (Phi) is 3.82. The maximum absolute atomic E-state index is 10.9. The molecule has 0 radical (unpaired) electrons. The van der Waals surface area contributed by atoms with E-state index < -0.39 is 11.9 Å². The molecule has 0 spiro atoms. The van der Waals surface area contributed by atoms with E-state index in [2.05, 4.69) is 0 Å². The summed E-state index contributed by atoms with van der Waals surface area (Å²) in [6.07, 6.45) is 0. The summed E-state index contributed by atoms with van der Waals surface area (Å²) in [6, 6.07) is 3.42.